The second-order valence-corrected chi connectivity index (χ2v) is 15.6. The van der Waals surface area contributed by atoms with Gasteiger partial charge in [-0.05, 0) is 115 Å². The van der Waals surface area contributed by atoms with Crippen molar-refractivity contribution in [1.29, 1.82) is 0 Å². The monoisotopic (exact) mass is 689 g/mol. The molecule has 0 saturated carbocycles. The maximum Gasteiger partial charge on any atom is 0.135 e. The van der Waals surface area contributed by atoms with Crippen LogP contribution in [0.4, 0.5) is 17.1 Å². The van der Waals surface area contributed by atoms with Crippen LogP contribution in [0.5, 0.6) is 0 Å². The quantitative estimate of drug-likeness (QED) is 0.184. The molecule has 3 aliphatic carbocycles. The van der Waals surface area contributed by atoms with Crippen molar-refractivity contribution < 1.29 is 4.42 Å². The molecular formula is C52H35NO. The Morgan fingerprint density at radius 1 is 0.352 bits per heavy atom. The lowest BCUT2D eigenvalue weighted by Crippen LogP contribution is -2.25. The van der Waals surface area contributed by atoms with Crippen molar-refractivity contribution in [2.24, 2.45) is 0 Å². The Labute approximate surface area is 314 Å². The van der Waals surface area contributed by atoms with Gasteiger partial charge >= 0.3 is 0 Å². The number of anilines is 3. The van der Waals surface area contributed by atoms with E-state index in [4.69, 9.17) is 4.42 Å². The predicted octanol–water partition coefficient (Wildman–Crippen LogP) is 13.7. The highest BCUT2D eigenvalue weighted by Crippen LogP contribution is 2.63. The predicted molar refractivity (Wildman–Crippen MR) is 222 cm³/mol. The molecule has 0 N–H and O–H groups in total. The van der Waals surface area contributed by atoms with Gasteiger partial charge in [0.2, 0.25) is 0 Å². The van der Waals surface area contributed by atoms with E-state index in [-0.39, 0.29) is 10.8 Å². The summed E-state index contributed by atoms with van der Waals surface area (Å²) in [5.74, 6) is 0. The first kappa shape index (κ1) is 29.9. The van der Waals surface area contributed by atoms with Gasteiger partial charge in [0.1, 0.15) is 11.2 Å². The van der Waals surface area contributed by atoms with E-state index in [1.807, 2.05) is 6.07 Å². The molecule has 0 radical (unpaired) electrons. The summed E-state index contributed by atoms with van der Waals surface area (Å²) in [5, 5.41) is 2.25. The van der Waals surface area contributed by atoms with E-state index in [9.17, 15) is 0 Å². The zero-order valence-electron chi connectivity index (χ0n) is 30.1. The molecule has 1 spiro atoms. The van der Waals surface area contributed by atoms with Crippen molar-refractivity contribution in [2.45, 2.75) is 24.7 Å². The molecule has 2 heteroatoms. The minimum atomic E-state index is -0.375. The highest BCUT2D eigenvalue weighted by atomic mass is 16.3. The first-order valence-corrected chi connectivity index (χ1v) is 18.9. The Bertz CT molecular complexity index is 3010. The largest absolute Gasteiger partial charge is 0.456 e. The number of nitrogens with zero attached hydrogens (tertiary/aromatic N) is 1. The lowest BCUT2D eigenvalue weighted by molar-refractivity contribution is 0.660. The molecule has 0 atom stereocenters. The summed E-state index contributed by atoms with van der Waals surface area (Å²) in [5.41, 5.74) is 20.7. The number of benzene rings is 8. The van der Waals surface area contributed by atoms with E-state index in [1.165, 1.54) is 66.8 Å². The minimum absolute atomic E-state index is 0.120. The van der Waals surface area contributed by atoms with Gasteiger partial charge < -0.3 is 9.32 Å². The summed E-state index contributed by atoms with van der Waals surface area (Å²) in [7, 11) is 0. The van der Waals surface area contributed by atoms with Crippen LogP contribution < -0.4 is 4.90 Å². The number of para-hydroxylation sites is 1. The molecule has 9 aromatic rings. The van der Waals surface area contributed by atoms with Gasteiger partial charge in [-0.25, -0.2) is 0 Å². The smallest absolute Gasteiger partial charge is 0.135 e. The summed E-state index contributed by atoms with van der Waals surface area (Å²) in [6.45, 7) is 4.72. The molecule has 254 valence electrons. The van der Waals surface area contributed by atoms with Crippen LogP contribution in [-0.2, 0) is 10.8 Å². The van der Waals surface area contributed by atoms with Gasteiger partial charge in [0.05, 0.1) is 5.41 Å². The van der Waals surface area contributed by atoms with Gasteiger partial charge in [0.25, 0.3) is 0 Å². The molecule has 0 fully saturated rings. The third-order valence-electron chi connectivity index (χ3n) is 12.7. The van der Waals surface area contributed by atoms with Crippen LogP contribution in [0.3, 0.4) is 0 Å². The number of hydrogen-bond acceptors (Lipinski definition) is 2. The fourth-order valence-corrected chi connectivity index (χ4v) is 10.4. The average molecular weight is 690 g/mol. The van der Waals surface area contributed by atoms with Gasteiger partial charge in [-0.1, -0.05) is 141 Å². The van der Waals surface area contributed by atoms with Crippen molar-refractivity contribution in [3.05, 3.63) is 209 Å². The van der Waals surface area contributed by atoms with Crippen molar-refractivity contribution in [2.75, 3.05) is 4.90 Å². The molecular weight excluding hydrogens is 655 g/mol. The van der Waals surface area contributed by atoms with E-state index in [0.717, 1.165) is 39.0 Å². The number of hydrogen-bond donors (Lipinski definition) is 0. The molecule has 1 heterocycles. The molecule has 2 nitrogen and oxygen atoms in total. The summed E-state index contributed by atoms with van der Waals surface area (Å²) in [6.07, 6.45) is 0. The Morgan fingerprint density at radius 3 is 1.52 bits per heavy atom. The lowest BCUT2D eigenvalue weighted by atomic mass is 9.70. The third-order valence-corrected chi connectivity index (χ3v) is 12.7. The summed E-state index contributed by atoms with van der Waals surface area (Å²) < 4.78 is 6.31. The lowest BCUT2D eigenvalue weighted by Gasteiger charge is -2.31. The topological polar surface area (TPSA) is 16.4 Å². The highest BCUT2D eigenvalue weighted by Gasteiger charge is 2.51. The van der Waals surface area contributed by atoms with Crippen LogP contribution in [-0.4, -0.2) is 0 Å². The van der Waals surface area contributed by atoms with E-state index >= 15 is 0 Å². The number of rotatable bonds is 3. The Hall–Kier alpha value is -6.64. The van der Waals surface area contributed by atoms with E-state index in [1.54, 1.807) is 0 Å². The third kappa shape index (κ3) is 3.70. The zero-order chi connectivity index (χ0) is 35.8. The molecule has 0 unspecified atom stereocenters. The van der Waals surface area contributed by atoms with Crippen LogP contribution in [0.25, 0.3) is 55.3 Å². The van der Waals surface area contributed by atoms with Crippen LogP contribution in [0.2, 0.25) is 0 Å². The molecule has 54 heavy (non-hydrogen) atoms. The standard InChI is InChI=1S/C52H35NO/c1-51(2)43-18-8-3-13-35(43)39-26-23-34(31-48(39)51)53(33-25-28-50-42(30-33)40-17-7-12-22-49(40)54-50)32-24-27-47-41(29-32)38-16-6-11-21-46(38)52(47)44-19-9-4-14-36(44)37-15-5-10-20-45(37)52/h3-31H,1-2H3. The highest BCUT2D eigenvalue weighted by molar-refractivity contribution is 6.07. The first-order valence-electron chi connectivity index (χ1n) is 18.9. The van der Waals surface area contributed by atoms with E-state index in [0.29, 0.717) is 0 Å². The molecule has 0 aliphatic heterocycles. The second-order valence-electron chi connectivity index (χ2n) is 15.6. The Balaban J connectivity index is 1.11. The SMILES string of the molecule is CC1(C)c2ccccc2-c2ccc(N(c3ccc4c(c3)-c3ccccc3C43c4ccccc4-c4ccccc43)c3ccc4oc5ccccc5c4c3)cc21. The van der Waals surface area contributed by atoms with Crippen LogP contribution in [0.1, 0.15) is 47.2 Å². The first-order chi connectivity index (χ1) is 26.5. The Kier molecular flexibility index (Phi) is 5.81. The van der Waals surface area contributed by atoms with Crippen molar-refractivity contribution in [1.82, 2.24) is 0 Å². The maximum atomic E-state index is 6.31. The normalized spacial score (nSPS) is 14.8. The maximum absolute atomic E-state index is 6.31. The molecule has 0 amide bonds. The van der Waals surface area contributed by atoms with Gasteiger partial charge in [-0.15, -0.1) is 0 Å². The molecule has 0 saturated heterocycles. The van der Waals surface area contributed by atoms with Crippen molar-refractivity contribution >= 4 is 39.0 Å². The number of fused-ring (bicyclic) bond motifs is 16. The fourth-order valence-electron chi connectivity index (χ4n) is 10.4. The van der Waals surface area contributed by atoms with E-state index < -0.39 is 0 Å². The molecule has 0 bridgehead atoms. The van der Waals surface area contributed by atoms with Crippen molar-refractivity contribution in [3.63, 3.8) is 0 Å². The fraction of sp³-hybridized carbons (Fsp3) is 0.0769. The van der Waals surface area contributed by atoms with Gasteiger partial charge in [-0.2, -0.15) is 0 Å². The summed E-state index contributed by atoms with van der Waals surface area (Å²) >= 11 is 0. The molecule has 8 aromatic carbocycles. The van der Waals surface area contributed by atoms with Crippen molar-refractivity contribution in [3.8, 4) is 33.4 Å². The molecule has 3 aliphatic rings. The van der Waals surface area contributed by atoms with Crippen LogP contribution in [0.15, 0.2) is 180 Å². The van der Waals surface area contributed by atoms with Gasteiger partial charge in [-0.3, -0.25) is 0 Å². The summed E-state index contributed by atoms with van der Waals surface area (Å²) in [6, 6.07) is 65.3. The Morgan fingerprint density at radius 2 is 0.815 bits per heavy atom. The van der Waals surface area contributed by atoms with Gasteiger partial charge in [0, 0.05) is 33.2 Å². The molecule has 1 aromatic heterocycles. The minimum Gasteiger partial charge on any atom is -0.456 e. The van der Waals surface area contributed by atoms with Gasteiger partial charge in [0.15, 0.2) is 0 Å². The van der Waals surface area contributed by atoms with Crippen LogP contribution >= 0.6 is 0 Å². The van der Waals surface area contributed by atoms with Crippen LogP contribution in [0, 0.1) is 0 Å². The van der Waals surface area contributed by atoms with E-state index in [2.05, 4.69) is 189 Å². The zero-order valence-corrected chi connectivity index (χ0v) is 30.1. The number of furan rings is 1. The second kappa shape index (κ2) is 10.5. The molecule has 12 rings (SSSR count). The summed E-state index contributed by atoms with van der Waals surface area (Å²) in [4.78, 5) is 2.45. The average Bonchev–Trinajstić information content (AvgIpc) is 3.90.